The highest BCUT2D eigenvalue weighted by atomic mass is 31.2. The molecule has 0 aromatic heterocycles. The Bertz CT molecular complexity index is 750. The third-order valence-electron chi connectivity index (χ3n) is 3.38. The van der Waals surface area contributed by atoms with Crippen molar-refractivity contribution in [2.75, 3.05) is 10.9 Å². The van der Waals surface area contributed by atoms with Gasteiger partial charge < -0.3 is 10.9 Å². The molecule has 4 N–H and O–H groups in total. The quantitative estimate of drug-likeness (QED) is 0.390. The molecule has 3 aromatic rings. The summed E-state index contributed by atoms with van der Waals surface area (Å²) in [4.78, 5) is 0. The Balaban J connectivity index is 1.77. The van der Waals surface area contributed by atoms with Crippen LogP contribution in [0.15, 0.2) is 91.0 Å². The zero-order valence-electron chi connectivity index (χ0n) is 13.0. The van der Waals surface area contributed by atoms with Crippen molar-refractivity contribution in [3.63, 3.8) is 0 Å². The molecule has 3 rings (SSSR count). The van der Waals surface area contributed by atoms with Crippen molar-refractivity contribution in [2.24, 2.45) is 0 Å². The minimum Gasteiger partial charge on any atom is -0.314 e. The molecule has 6 heteroatoms. The van der Waals surface area contributed by atoms with Crippen molar-refractivity contribution >= 4 is 24.1 Å². The standard InChI is InChI=1S/C18H19N4OP/c23-24(18-14-8-3-9-15-18,21-19-16-10-4-1-5-11-16)22-20-17-12-6-2-7-13-17/h1-15,19-20H,(H2,21,22,23). The number of para-hydroxylation sites is 2. The van der Waals surface area contributed by atoms with Gasteiger partial charge in [0.1, 0.15) is 0 Å². The third-order valence-corrected chi connectivity index (χ3v) is 5.26. The van der Waals surface area contributed by atoms with Gasteiger partial charge in [0.15, 0.2) is 0 Å². The van der Waals surface area contributed by atoms with E-state index in [4.69, 9.17) is 0 Å². The summed E-state index contributed by atoms with van der Waals surface area (Å²) in [6, 6.07) is 28.3. The van der Waals surface area contributed by atoms with Crippen LogP contribution < -0.4 is 26.5 Å². The molecule has 0 saturated heterocycles. The molecule has 0 heterocycles. The average molecular weight is 338 g/mol. The molecule has 0 unspecified atom stereocenters. The maximum atomic E-state index is 13.4. The second kappa shape index (κ2) is 7.79. The normalized spacial score (nSPS) is 11.0. The van der Waals surface area contributed by atoms with Gasteiger partial charge in [-0.25, -0.2) is 0 Å². The Kier molecular flexibility index (Phi) is 5.29. The van der Waals surface area contributed by atoms with Crippen molar-refractivity contribution in [1.29, 1.82) is 0 Å². The first kappa shape index (κ1) is 16.3. The number of nitrogens with one attached hydrogen (secondary N) is 4. The molecule has 0 bridgehead atoms. The summed E-state index contributed by atoms with van der Waals surface area (Å²) in [6.07, 6.45) is 0. The lowest BCUT2D eigenvalue weighted by Gasteiger charge is -2.23. The van der Waals surface area contributed by atoms with Gasteiger partial charge >= 0.3 is 0 Å². The molecule has 3 aromatic carbocycles. The van der Waals surface area contributed by atoms with E-state index in [1.807, 2.05) is 91.0 Å². The zero-order chi connectivity index (χ0) is 16.7. The molecule has 0 aliphatic rings. The van der Waals surface area contributed by atoms with Crippen LogP contribution in [-0.4, -0.2) is 0 Å². The highest BCUT2D eigenvalue weighted by Gasteiger charge is 2.24. The van der Waals surface area contributed by atoms with Crippen molar-refractivity contribution in [1.82, 2.24) is 10.4 Å². The Morgan fingerprint density at radius 1 is 0.542 bits per heavy atom. The highest BCUT2D eigenvalue weighted by molar-refractivity contribution is 7.67. The predicted molar refractivity (Wildman–Crippen MR) is 100 cm³/mol. The maximum absolute atomic E-state index is 13.4. The second-order valence-electron chi connectivity index (χ2n) is 5.15. The number of rotatable bonds is 7. The van der Waals surface area contributed by atoms with Crippen LogP contribution in [0.5, 0.6) is 0 Å². The van der Waals surface area contributed by atoms with Crippen LogP contribution in [0.3, 0.4) is 0 Å². The van der Waals surface area contributed by atoms with Crippen LogP contribution in [-0.2, 0) is 4.57 Å². The maximum Gasteiger partial charge on any atom is 0.274 e. The largest absolute Gasteiger partial charge is 0.314 e. The first-order chi connectivity index (χ1) is 11.8. The lowest BCUT2D eigenvalue weighted by molar-refractivity contribution is 0.569. The van der Waals surface area contributed by atoms with Gasteiger partial charge in [-0.15, -0.1) is 0 Å². The van der Waals surface area contributed by atoms with Crippen LogP contribution in [0.4, 0.5) is 11.4 Å². The van der Waals surface area contributed by atoms with Crippen LogP contribution in [0.2, 0.25) is 0 Å². The molecule has 24 heavy (non-hydrogen) atoms. The van der Waals surface area contributed by atoms with Crippen LogP contribution in [0.1, 0.15) is 0 Å². The van der Waals surface area contributed by atoms with Gasteiger partial charge in [0.05, 0.1) is 0 Å². The summed E-state index contributed by atoms with van der Waals surface area (Å²) in [7, 11) is -3.12. The number of hydrogen-bond acceptors (Lipinski definition) is 3. The van der Waals surface area contributed by atoms with Crippen LogP contribution in [0, 0.1) is 0 Å². The predicted octanol–water partition coefficient (Wildman–Crippen LogP) is 3.74. The smallest absolute Gasteiger partial charge is 0.274 e. The topological polar surface area (TPSA) is 65.2 Å². The fourth-order valence-electron chi connectivity index (χ4n) is 2.12. The number of anilines is 2. The van der Waals surface area contributed by atoms with E-state index in [1.165, 1.54) is 0 Å². The zero-order valence-corrected chi connectivity index (χ0v) is 13.9. The molecule has 122 valence electrons. The van der Waals surface area contributed by atoms with E-state index < -0.39 is 7.44 Å². The monoisotopic (exact) mass is 338 g/mol. The van der Waals surface area contributed by atoms with Gasteiger partial charge in [-0.3, -0.25) is 4.57 Å². The Morgan fingerprint density at radius 2 is 0.917 bits per heavy atom. The summed E-state index contributed by atoms with van der Waals surface area (Å²) in [5, 5.41) is 6.53. The molecule has 0 radical (unpaired) electrons. The number of benzene rings is 3. The summed E-state index contributed by atoms with van der Waals surface area (Å²) in [5.74, 6) is 0. The molecule has 0 spiro atoms. The van der Waals surface area contributed by atoms with E-state index >= 15 is 0 Å². The summed E-state index contributed by atoms with van der Waals surface area (Å²) < 4.78 is 13.4. The summed E-state index contributed by atoms with van der Waals surface area (Å²) in [6.45, 7) is 0. The third kappa shape index (κ3) is 4.24. The van der Waals surface area contributed by atoms with Gasteiger partial charge in [0, 0.05) is 16.7 Å². The van der Waals surface area contributed by atoms with E-state index in [-0.39, 0.29) is 0 Å². The van der Waals surface area contributed by atoms with Crippen molar-refractivity contribution in [2.45, 2.75) is 0 Å². The first-order valence-electron chi connectivity index (χ1n) is 7.59. The fraction of sp³-hybridized carbons (Fsp3) is 0. The highest BCUT2D eigenvalue weighted by Crippen LogP contribution is 2.34. The molecule has 0 aliphatic heterocycles. The number of hydrogen-bond donors (Lipinski definition) is 4. The van der Waals surface area contributed by atoms with E-state index in [9.17, 15) is 4.57 Å². The van der Waals surface area contributed by atoms with Gasteiger partial charge in [-0.05, 0) is 36.4 Å². The second-order valence-corrected chi connectivity index (χ2v) is 7.33. The first-order valence-corrected chi connectivity index (χ1v) is 9.29. The van der Waals surface area contributed by atoms with Crippen molar-refractivity contribution in [3.8, 4) is 0 Å². The summed E-state index contributed by atoms with van der Waals surface area (Å²) >= 11 is 0. The van der Waals surface area contributed by atoms with Crippen LogP contribution in [0.25, 0.3) is 0 Å². The Hall–Kier alpha value is -2.59. The Labute approximate surface area is 141 Å². The van der Waals surface area contributed by atoms with Crippen molar-refractivity contribution < 1.29 is 4.57 Å². The minimum absolute atomic E-state index is 0.664. The van der Waals surface area contributed by atoms with E-state index in [2.05, 4.69) is 21.2 Å². The van der Waals surface area contributed by atoms with E-state index in [0.717, 1.165) is 11.4 Å². The Morgan fingerprint density at radius 3 is 1.33 bits per heavy atom. The molecule has 5 nitrogen and oxygen atoms in total. The van der Waals surface area contributed by atoms with Gasteiger partial charge in [0.25, 0.3) is 7.44 Å². The molecule has 0 saturated carbocycles. The average Bonchev–Trinajstić information content (AvgIpc) is 2.67. The molecular weight excluding hydrogens is 319 g/mol. The molecule has 0 fully saturated rings. The van der Waals surface area contributed by atoms with Crippen molar-refractivity contribution in [3.05, 3.63) is 91.0 Å². The SMILES string of the molecule is O=P(NNc1ccccc1)(NNc1ccccc1)c1ccccc1. The van der Waals surface area contributed by atoms with Gasteiger partial charge in [-0.2, -0.15) is 10.4 Å². The fourth-order valence-corrected chi connectivity index (χ4v) is 3.60. The van der Waals surface area contributed by atoms with Gasteiger partial charge in [-0.1, -0.05) is 54.6 Å². The van der Waals surface area contributed by atoms with E-state index in [0.29, 0.717) is 5.30 Å². The lowest BCUT2D eigenvalue weighted by atomic mass is 10.3. The van der Waals surface area contributed by atoms with Gasteiger partial charge in [0.2, 0.25) is 0 Å². The van der Waals surface area contributed by atoms with Crippen LogP contribution >= 0.6 is 7.44 Å². The molecule has 0 atom stereocenters. The molecule has 0 amide bonds. The number of hydrazine groups is 2. The lowest BCUT2D eigenvalue weighted by Crippen LogP contribution is -2.36. The minimum atomic E-state index is -3.12. The van der Waals surface area contributed by atoms with E-state index in [1.54, 1.807) is 0 Å². The molecule has 0 aliphatic carbocycles. The summed E-state index contributed by atoms with van der Waals surface area (Å²) in [5.41, 5.74) is 7.67. The molecular formula is C18H19N4OP.